The Labute approximate surface area is 89.0 Å². The van der Waals surface area contributed by atoms with Crippen molar-refractivity contribution in [2.45, 2.75) is 18.6 Å². The predicted molar refractivity (Wildman–Crippen MR) is 57.3 cm³/mol. The Morgan fingerprint density at radius 1 is 1.20 bits per heavy atom. The van der Waals surface area contributed by atoms with Gasteiger partial charge in [-0.1, -0.05) is 24.3 Å². The van der Waals surface area contributed by atoms with Crippen molar-refractivity contribution in [2.24, 2.45) is 5.73 Å². The summed E-state index contributed by atoms with van der Waals surface area (Å²) >= 11 is 0. The third-order valence-electron chi connectivity index (χ3n) is 2.36. The maximum absolute atomic E-state index is 9.78. The van der Waals surface area contributed by atoms with E-state index < -0.39 is 12.2 Å². The molecule has 0 saturated carbocycles. The van der Waals surface area contributed by atoms with Crippen LogP contribution in [0.15, 0.2) is 24.3 Å². The van der Waals surface area contributed by atoms with Gasteiger partial charge in [-0.05, 0) is 17.5 Å². The van der Waals surface area contributed by atoms with Gasteiger partial charge in [-0.3, -0.25) is 0 Å². The molecule has 2 unspecified atom stereocenters. The largest absolute Gasteiger partial charge is 0.396 e. The highest BCUT2D eigenvalue weighted by atomic mass is 16.3. The zero-order chi connectivity index (χ0) is 11.3. The zero-order valence-corrected chi connectivity index (χ0v) is 8.50. The van der Waals surface area contributed by atoms with E-state index in [1.54, 1.807) is 12.1 Å². The van der Waals surface area contributed by atoms with Crippen LogP contribution in [-0.4, -0.2) is 34.6 Å². The summed E-state index contributed by atoms with van der Waals surface area (Å²) in [5.41, 5.74) is 6.74. The van der Waals surface area contributed by atoms with E-state index in [1.165, 1.54) is 0 Å². The van der Waals surface area contributed by atoms with E-state index in [2.05, 4.69) is 0 Å². The fourth-order valence-corrected chi connectivity index (χ4v) is 1.51. The van der Waals surface area contributed by atoms with Crippen LogP contribution in [0.1, 0.15) is 17.2 Å². The van der Waals surface area contributed by atoms with Crippen molar-refractivity contribution in [3.63, 3.8) is 0 Å². The lowest BCUT2D eigenvalue weighted by Gasteiger charge is -2.19. The number of nitrogens with two attached hydrogens (primary N) is 1. The molecular weight excluding hydrogens is 194 g/mol. The van der Waals surface area contributed by atoms with E-state index >= 15 is 0 Å². The topological polar surface area (TPSA) is 86.7 Å². The molecule has 0 radical (unpaired) electrons. The molecule has 0 saturated heterocycles. The molecule has 1 aromatic carbocycles. The van der Waals surface area contributed by atoms with Crippen LogP contribution in [0, 0.1) is 0 Å². The monoisotopic (exact) mass is 211 g/mol. The molecule has 2 atom stereocenters. The summed E-state index contributed by atoms with van der Waals surface area (Å²) in [7, 11) is 0. The standard InChI is InChI=1S/C11H17NO3/c12-7-10(14)11(15)9-4-2-1-3-8(9)5-6-13/h1-4,10-11,13-15H,5-7,12H2. The number of hydrogen-bond acceptors (Lipinski definition) is 4. The highest BCUT2D eigenvalue weighted by Crippen LogP contribution is 2.21. The van der Waals surface area contributed by atoms with Crippen LogP contribution in [0.2, 0.25) is 0 Å². The summed E-state index contributed by atoms with van der Waals surface area (Å²) in [5.74, 6) is 0. The Kier molecular flexibility index (Phi) is 4.71. The van der Waals surface area contributed by atoms with Crippen molar-refractivity contribution in [1.29, 1.82) is 0 Å². The number of rotatable bonds is 5. The number of aliphatic hydroxyl groups is 3. The molecule has 4 nitrogen and oxygen atoms in total. The first-order valence-corrected chi connectivity index (χ1v) is 4.95. The predicted octanol–water partition coefficient (Wildman–Crippen LogP) is -0.426. The normalized spacial score (nSPS) is 14.9. The van der Waals surface area contributed by atoms with E-state index in [4.69, 9.17) is 10.8 Å². The van der Waals surface area contributed by atoms with Crippen molar-refractivity contribution in [3.8, 4) is 0 Å². The second-order valence-electron chi connectivity index (χ2n) is 3.42. The van der Waals surface area contributed by atoms with Crippen LogP contribution in [0.3, 0.4) is 0 Å². The van der Waals surface area contributed by atoms with Crippen LogP contribution in [0.4, 0.5) is 0 Å². The molecule has 1 aromatic rings. The maximum Gasteiger partial charge on any atom is 0.106 e. The fourth-order valence-electron chi connectivity index (χ4n) is 1.51. The Morgan fingerprint density at radius 3 is 2.47 bits per heavy atom. The lowest BCUT2D eigenvalue weighted by Crippen LogP contribution is -2.27. The highest BCUT2D eigenvalue weighted by molar-refractivity contribution is 5.30. The summed E-state index contributed by atoms with van der Waals surface area (Å²) in [4.78, 5) is 0. The Hall–Kier alpha value is -0.940. The van der Waals surface area contributed by atoms with Crippen molar-refractivity contribution in [2.75, 3.05) is 13.2 Å². The molecule has 0 heterocycles. The lowest BCUT2D eigenvalue weighted by atomic mass is 9.97. The van der Waals surface area contributed by atoms with Crippen LogP contribution in [0.5, 0.6) is 0 Å². The summed E-state index contributed by atoms with van der Waals surface area (Å²) < 4.78 is 0. The van der Waals surface area contributed by atoms with Crippen LogP contribution >= 0.6 is 0 Å². The zero-order valence-electron chi connectivity index (χ0n) is 8.50. The van der Waals surface area contributed by atoms with Crippen LogP contribution in [0.25, 0.3) is 0 Å². The molecule has 0 fully saturated rings. The molecule has 0 spiro atoms. The van der Waals surface area contributed by atoms with Crippen LogP contribution < -0.4 is 5.73 Å². The second-order valence-corrected chi connectivity index (χ2v) is 3.42. The summed E-state index contributed by atoms with van der Waals surface area (Å²) in [6.45, 7) is 0.0249. The molecule has 15 heavy (non-hydrogen) atoms. The SMILES string of the molecule is NCC(O)C(O)c1ccccc1CCO. The quantitative estimate of drug-likeness (QED) is 0.532. The van der Waals surface area contributed by atoms with Gasteiger partial charge in [0.15, 0.2) is 0 Å². The first-order chi connectivity index (χ1) is 7.20. The molecule has 5 N–H and O–H groups in total. The Morgan fingerprint density at radius 2 is 1.87 bits per heavy atom. The molecule has 0 bridgehead atoms. The highest BCUT2D eigenvalue weighted by Gasteiger charge is 2.18. The average molecular weight is 211 g/mol. The van der Waals surface area contributed by atoms with Crippen molar-refractivity contribution < 1.29 is 15.3 Å². The van der Waals surface area contributed by atoms with Gasteiger partial charge in [-0.25, -0.2) is 0 Å². The summed E-state index contributed by atoms with van der Waals surface area (Å²) in [5, 5.41) is 28.1. The van der Waals surface area contributed by atoms with E-state index in [1.807, 2.05) is 12.1 Å². The third kappa shape index (κ3) is 3.00. The molecule has 0 aromatic heterocycles. The van der Waals surface area contributed by atoms with E-state index in [0.29, 0.717) is 12.0 Å². The van der Waals surface area contributed by atoms with Gasteiger partial charge in [0.25, 0.3) is 0 Å². The van der Waals surface area contributed by atoms with E-state index in [-0.39, 0.29) is 13.2 Å². The maximum atomic E-state index is 9.78. The van der Waals surface area contributed by atoms with Gasteiger partial charge < -0.3 is 21.1 Å². The molecule has 1 rings (SSSR count). The number of hydrogen-bond donors (Lipinski definition) is 4. The van der Waals surface area contributed by atoms with Crippen LogP contribution in [-0.2, 0) is 6.42 Å². The Bertz CT molecular complexity index is 304. The smallest absolute Gasteiger partial charge is 0.106 e. The minimum Gasteiger partial charge on any atom is -0.396 e. The van der Waals surface area contributed by atoms with Gasteiger partial charge in [0, 0.05) is 13.2 Å². The van der Waals surface area contributed by atoms with Crippen molar-refractivity contribution in [1.82, 2.24) is 0 Å². The molecule has 0 amide bonds. The van der Waals surface area contributed by atoms with Crippen molar-refractivity contribution >= 4 is 0 Å². The number of aliphatic hydroxyl groups excluding tert-OH is 3. The van der Waals surface area contributed by atoms with Crippen molar-refractivity contribution in [3.05, 3.63) is 35.4 Å². The molecule has 0 aliphatic carbocycles. The lowest BCUT2D eigenvalue weighted by molar-refractivity contribution is 0.0237. The molecule has 84 valence electrons. The molecular formula is C11H17NO3. The molecule has 0 aliphatic heterocycles. The van der Waals surface area contributed by atoms with Gasteiger partial charge >= 0.3 is 0 Å². The van der Waals surface area contributed by atoms with Gasteiger partial charge in [0.05, 0.1) is 6.10 Å². The fraction of sp³-hybridized carbons (Fsp3) is 0.455. The van der Waals surface area contributed by atoms with Gasteiger partial charge in [0.2, 0.25) is 0 Å². The number of benzene rings is 1. The van der Waals surface area contributed by atoms with Gasteiger partial charge in [0.1, 0.15) is 6.10 Å². The second kappa shape index (κ2) is 5.82. The minimum atomic E-state index is -0.988. The molecule has 0 aliphatic rings. The van der Waals surface area contributed by atoms with E-state index in [9.17, 15) is 10.2 Å². The first-order valence-electron chi connectivity index (χ1n) is 4.95. The van der Waals surface area contributed by atoms with Gasteiger partial charge in [-0.2, -0.15) is 0 Å². The average Bonchev–Trinajstić information content (AvgIpc) is 2.28. The summed E-state index contributed by atoms with van der Waals surface area (Å²) in [6.07, 6.45) is -1.49. The molecule has 4 heteroatoms. The van der Waals surface area contributed by atoms with Gasteiger partial charge in [-0.15, -0.1) is 0 Å². The third-order valence-corrected chi connectivity index (χ3v) is 2.36. The van der Waals surface area contributed by atoms with E-state index in [0.717, 1.165) is 5.56 Å². The Balaban J connectivity index is 2.91. The summed E-state index contributed by atoms with van der Waals surface area (Å²) in [6, 6.07) is 7.16. The minimum absolute atomic E-state index is 0.00856. The first kappa shape index (κ1) is 12.1.